The summed E-state index contributed by atoms with van der Waals surface area (Å²) >= 11 is 0. The molecule has 0 unspecified atom stereocenters. The first-order chi connectivity index (χ1) is 13.0. The van der Waals surface area contributed by atoms with E-state index in [1.807, 2.05) is 0 Å². The maximum atomic E-state index is 12.8. The van der Waals surface area contributed by atoms with E-state index in [1.165, 1.54) is 26.2 Å². The molecule has 2 N–H and O–H groups in total. The van der Waals surface area contributed by atoms with Crippen molar-refractivity contribution in [1.82, 2.24) is 9.29 Å². The number of esters is 1. The lowest BCUT2D eigenvalue weighted by atomic mass is 10.1. The molecule has 1 heterocycles. The SMILES string of the molecule is CCOC(=O)c1c(C)[nH]c(C(=O)Nc2cc(S(=O)(=O)N(C)C)ccc2C)c1C. The first-order valence-corrected chi connectivity index (χ1v) is 10.2. The van der Waals surface area contributed by atoms with Crippen LogP contribution < -0.4 is 5.32 Å². The van der Waals surface area contributed by atoms with Gasteiger partial charge in [-0.3, -0.25) is 4.79 Å². The summed E-state index contributed by atoms with van der Waals surface area (Å²) in [7, 11) is -0.752. The largest absolute Gasteiger partial charge is 0.462 e. The number of carbonyl (C=O) groups excluding carboxylic acids is 2. The van der Waals surface area contributed by atoms with E-state index in [0.29, 0.717) is 28.1 Å². The van der Waals surface area contributed by atoms with Crippen LogP contribution in [0.1, 0.15) is 44.6 Å². The van der Waals surface area contributed by atoms with Crippen molar-refractivity contribution in [3.8, 4) is 0 Å². The third-order valence-electron chi connectivity index (χ3n) is 4.38. The Hall–Kier alpha value is -2.65. The Balaban J connectivity index is 2.39. The number of amides is 1. The minimum Gasteiger partial charge on any atom is -0.462 e. The number of nitrogens with zero attached hydrogens (tertiary/aromatic N) is 1. The van der Waals surface area contributed by atoms with Crippen LogP contribution in [0.2, 0.25) is 0 Å². The molecule has 2 aromatic rings. The van der Waals surface area contributed by atoms with Crippen molar-refractivity contribution in [2.75, 3.05) is 26.0 Å². The van der Waals surface area contributed by atoms with Crippen LogP contribution in [-0.2, 0) is 14.8 Å². The summed E-state index contributed by atoms with van der Waals surface area (Å²) in [6.07, 6.45) is 0. The number of sulfonamides is 1. The van der Waals surface area contributed by atoms with Crippen LogP contribution in [0.4, 0.5) is 5.69 Å². The minimum absolute atomic E-state index is 0.0741. The second-order valence-electron chi connectivity index (χ2n) is 6.56. The number of H-pyrrole nitrogens is 1. The first-order valence-electron chi connectivity index (χ1n) is 8.71. The second kappa shape index (κ2) is 8.15. The molecule has 152 valence electrons. The number of nitrogens with one attached hydrogen (secondary N) is 2. The van der Waals surface area contributed by atoms with Gasteiger partial charge in [-0.05, 0) is 51.0 Å². The maximum Gasteiger partial charge on any atom is 0.340 e. The second-order valence-corrected chi connectivity index (χ2v) is 8.72. The highest BCUT2D eigenvalue weighted by Gasteiger charge is 2.24. The quantitative estimate of drug-likeness (QED) is 0.716. The lowest BCUT2D eigenvalue weighted by Crippen LogP contribution is -2.22. The number of rotatable bonds is 6. The Morgan fingerprint density at radius 2 is 1.82 bits per heavy atom. The van der Waals surface area contributed by atoms with Crippen LogP contribution in [0.3, 0.4) is 0 Å². The highest BCUT2D eigenvalue weighted by molar-refractivity contribution is 7.89. The van der Waals surface area contributed by atoms with Crippen molar-refractivity contribution in [3.05, 3.63) is 46.3 Å². The lowest BCUT2D eigenvalue weighted by molar-refractivity contribution is 0.0525. The van der Waals surface area contributed by atoms with Gasteiger partial charge in [0.15, 0.2) is 0 Å². The molecule has 1 aromatic heterocycles. The number of hydrogen-bond donors (Lipinski definition) is 2. The Morgan fingerprint density at radius 1 is 1.18 bits per heavy atom. The van der Waals surface area contributed by atoms with Crippen LogP contribution in [0.5, 0.6) is 0 Å². The van der Waals surface area contributed by atoms with Gasteiger partial charge in [0.05, 0.1) is 17.1 Å². The number of aromatic nitrogens is 1. The van der Waals surface area contributed by atoms with Gasteiger partial charge in [-0.2, -0.15) is 0 Å². The van der Waals surface area contributed by atoms with Crippen molar-refractivity contribution < 1.29 is 22.7 Å². The number of aryl methyl sites for hydroxylation is 2. The Morgan fingerprint density at radius 3 is 2.39 bits per heavy atom. The zero-order valence-electron chi connectivity index (χ0n) is 16.8. The van der Waals surface area contributed by atoms with Crippen LogP contribution in [0.25, 0.3) is 0 Å². The van der Waals surface area contributed by atoms with Gasteiger partial charge in [-0.25, -0.2) is 17.5 Å². The van der Waals surface area contributed by atoms with Gasteiger partial charge in [-0.15, -0.1) is 0 Å². The molecule has 0 aliphatic heterocycles. The van der Waals surface area contributed by atoms with Gasteiger partial charge in [0.2, 0.25) is 10.0 Å². The fourth-order valence-corrected chi connectivity index (χ4v) is 3.71. The highest BCUT2D eigenvalue weighted by atomic mass is 32.2. The van der Waals surface area contributed by atoms with Crippen LogP contribution in [-0.4, -0.2) is 50.3 Å². The molecule has 0 spiro atoms. The number of aromatic amines is 1. The smallest absolute Gasteiger partial charge is 0.340 e. The number of ether oxygens (including phenoxy) is 1. The summed E-state index contributed by atoms with van der Waals surface area (Å²) in [6, 6.07) is 4.53. The average Bonchev–Trinajstić information content (AvgIpc) is 2.91. The van der Waals surface area contributed by atoms with E-state index in [2.05, 4.69) is 10.3 Å². The molecule has 2 rings (SSSR count). The number of carbonyl (C=O) groups is 2. The molecule has 1 amide bonds. The van der Waals surface area contributed by atoms with Crippen LogP contribution in [0.15, 0.2) is 23.1 Å². The summed E-state index contributed by atoms with van der Waals surface area (Å²) in [4.78, 5) is 27.9. The van der Waals surface area contributed by atoms with Crippen molar-refractivity contribution in [2.45, 2.75) is 32.6 Å². The Labute approximate surface area is 164 Å². The topological polar surface area (TPSA) is 109 Å². The van der Waals surface area contributed by atoms with Crippen molar-refractivity contribution in [3.63, 3.8) is 0 Å². The fourth-order valence-electron chi connectivity index (χ4n) is 2.78. The summed E-state index contributed by atoms with van der Waals surface area (Å²) in [5, 5.41) is 2.72. The van der Waals surface area contributed by atoms with E-state index in [4.69, 9.17) is 4.74 Å². The maximum absolute atomic E-state index is 12.8. The Bertz CT molecular complexity index is 1020. The molecule has 0 radical (unpaired) electrons. The van der Waals surface area contributed by atoms with Crippen molar-refractivity contribution >= 4 is 27.6 Å². The lowest BCUT2D eigenvalue weighted by Gasteiger charge is -2.14. The van der Waals surface area contributed by atoms with E-state index in [1.54, 1.807) is 33.8 Å². The molecule has 0 saturated carbocycles. The molecular weight excluding hydrogens is 382 g/mol. The molecule has 0 fully saturated rings. The molecule has 0 aliphatic carbocycles. The predicted molar refractivity (Wildman–Crippen MR) is 106 cm³/mol. The monoisotopic (exact) mass is 407 g/mol. The van der Waals surface area contributed by atoms with Gasteiger partial charge < -0.3 is 15.0 Å². The molecule has 0 saturated heterocycles. The normalized spacial score (nSPS) is 11.5. The predicted octanol–water partition coefficient (Wildman–Crippen LogP) is 2.62. The molecule has 0 atom stereocenters. The zero-order chi connectivity index (χ0) is 21.2. The summed E-state index contributed by atoms with van der Waals surface area (Å²) in [5.41, 5.74) is 2.63. The van der Waals surface area contributed by atoms with Gasteiger partial charge >= 0.3 is 5.97 Å². The summed E-state index contributed by atoms with van der Waals surface area (Å²) in [5.74, 6) is -0.971. The number of anilines is 1. The van der Waals surface area contributed by atoms with E-state index in [9.17, 15) is 18.0 Å². The van der Waals surface area contributed by atoms with E-state index < -0.39 is 21.9 Å². The summed E-state index contributed by atoms with van der Waals surface area (Å²) < 4.78 is 30.8. The number of hydrogen-bond acceptors (Lipinski definition) is 5. The van der Waals surface area contributed by atoms with E-state index >= 15 is 0 Å². The van der Waals surface area contributed by atoms with Gasteiger partial charge in [0, 0.05) is 25.5 Å². The van der Waals surface area contributed by atoms with Gasteiger partial charge in [0.25, 0.3) is 5.91 Å². The van der Waals surface area contributed by atoms with Gasteiger partial charge in [0.1, 0.15) is 5.69 Å². The van der Waals surface area contributed by atoms with E-state index in [0.717, 1.165) is 4.31 Å². The Kier molecular flexibility index (Phi) is 6.30. The molecule has 0 bridgehead atoms. The molecule has 28 heavy (non-hydrogen) atoms. The van der Waals surface area contributed by atoms with Crippen molar-refractivity contribution in [2.24, 2.45) is 0 Å². The zero-order valence-corrected chi connectivity index (χ0v) is 17.7. The van der Waals surface area contributed by atoms with Crippen molar-refractivity contribution in [1.29, 1.82) is 0 Å². The standard InChI is InChI=1S/C19H25N3O5S/c1-7-27-19(24)16-12(3)17(20-13(16)4)18(23)21-15-10-14(9-8-11(15)2)28(25,26)22(5)6/h8-10,20H,7H2,1-6H3,(H,21,23). The third-order valence-corrected chi connectivity index (χ3v) is 6.19. The number of benzene rings is 1. The highest BCUT2D eigenvalue weighted by Crippen LogP contribution is 2.24. The van der Waals surface area contributed by atoms with E-state index in [-0.39, 0.29) is 17.2 Å². The molecule has 0 aliphatic rings. The van der Waals surface area contributed by atoms with Gasteiger partial charge in [-0.1, -0.05) is 6.07 Å². The fraction of sp³-hybridized carbons (Fsp3) is 0.368. The summed E-state index contributed by atoms with van der Waals surface area (Å²) in [6.45, 7) is 7.05. The first kappa shape index (κ1) is 21.6. The van der Waals surface area contributed by atoms with Crippen LogP contribution >= 0.6 is 0 Å². The third kappa shape index (κ3) is 4.10. The molecule has 9 heteroatoms. The molecule has 1 aromatic carbocycles. The average molecular weight is 407 g/mol. The molecule has 8 nitrogen and oxygen atoms in total. The molecular formula is C19H25N3O5S. The van der Waals surface area contributed by atoms with Crippen LogP contribution in [0, 0.1) is 20.8 Å². The minimum atomic E-state index is -3.63.